The van der Waals surface area contributed by atoms with Crippen molar-refractivity contribution in [3.8, 4) is 0 Å². The summed E-state index contributed by atoms with van der Waals surface area (Å²) in [6.45, 7) is 2.07. The van der Waals surface area contributed by atoms with Crippen molar-refractivity contribution in [1.29, 1.82) is 0 Å². The van der Waals surface area contributed by atoms with E-state index in [0.717, 1.165) is 5.35 Å². The number of nitrogens with one attached hydrogen (secondary N) is 1. The molecule has 1 aliphatic carbocycles. The summed E-state index contributed by atoms with van der Waals surface area (Å²) >= 11 is 4.50. The molecular formula is C10H11NS. The van der Waals surface area contributed by atoms with Crippen LogP contribution in [0.5, 0.6) is 0 Å². The normalized spacial score (nSPS) is 26.8. The molecule has 12 heavy (non-hydrogen) atoms. The highest BCUT2D eigenvalue weighted by atomic mass is 32.1. The van der Waals surface area contributed by atoms with E-state index < -0.39 is 0 Å². The van der Waals surface area contributed by atoms with E-state index in [2.05, 4.69) is 48.8 Å². The standard InChI is InChI=1S/C10H11NS/c1-10(12)5-2-3-8-4-6-11-9(8)7-10/h2-7,11-12H,1H3. The zero-order chi connectivity index (χ0) is 8.60. The second-order valence-corrected chi connectivity index (χ2v) is 4.21. The Labute approximate surface area is 76.9 Å². The zero-order valence-electron chi connectivity index (χ0n) is 6.91. The molecule has 1 heterocycles. The van der Waals surface area contributed by atoms with Gasteiger partial charge in [0.05, 0.1) is 0 Å². The molecule has 0 fully saturated rings. The lowest BCUT2D eigenvalue weighted by Crippen LogP contribution is -2.25. The van der Waals surface area contributed by atoms with E-state index in [1.54, 1.807) is 0 Å². The van der Waals surface area contributed by atoms with Crippen molar-refractivity contribution in [3.63, 3.8) is 0 Å². The number of H-pyrrole nitrogens is 1. The molecule has 1 unspecified atom stereocenters. The summed E-state index contributed by atoms with van der Waals surface area (Å²) in [6, 6.07) is 2.06. The van der Waals surface area contributed by atoms with Crippen LogP contribution in [0.25, 0.3) is 12.2 Å². The van der Waals surface area contributed by atoms with Gasteiger partial charge in [-0.15, -0.1) is 0 Å². The highest BCUT2D eigenvalue weighted by Crippen LogP contribution is 2.17. The fraction of sp³-hybridized carbons (Fsp3) is 0.200. The monoisotopic (exact) mass is 177 g/mol. The van der Waals surface area contributed by atoms with E-state index >= 15 is 0 Å². The summed E-state index contributed by atoms with van der Waals surface area (Å²) in [5.41, 5.74) is 0. The number of hydrogen-bond acceptors (Lipinski definition) is 1. The number of rotatable bonds is 0. The number of allylic oxidation sites excluding steroid dienone is 1. The maximum Gasteiger partial charge on any atom is 0.0486 e. The Kier molecular flexibility index (Phi) is 1.65. The molecule has 1 N–H and O–H groups in total. The van der Waals surface area contributed by atoms with Gasteiger partial charge in [-0.2, -0.15) is 12.6 Å². The smallest absolute Gasteiger partial charge is 0.0486 e. The molecule has 0 amide bonds. The third kappa shape index (κ3) is 1.34. The Hall–Kier alpha value is -0.890. The molecule has 0 aromatic carbocycles. The van der Waals surface area contributed by atoms with Crippen LogP contribution < -0.4 is 10.6 Å². The first-order valence-corrected chi connectivity index (χ1v) is 4.40. The quantitative estimate of drug-likeness (QED) is 0.546. The zero-order valence-corrected chi connectivity index (χ0v) is 7.81. The highest BCUT2D eigenvalue weighted by molar-refractivity contribution is 7.82. The minimum atomic E-state index is -0.146. The molecule has 1 atom stereocenters. The lowest BCUT2D eigenvalue weighted by atomic mass is 10.1. The minimum Gasteiger partial charge on any atom is -0.361 e. The van der Waals surface area contributed by atoms with Crippen LogP contribution in [0.1, 0.15) is 6.92 Å². The largest absolute Gasteiger partial charge is 0.361 e. The lowest BCUT2D eigenvalue weighted by Gasteiger charge is -2.10. The number of aromatic amines is 1. The van der Waals surface area contributed by atoms with Gasteiger partial charge in [-0.3, -0.25) is 0 Å². The Balaban J connectivity index is 2.75. The van der Waals surface area contributed by atoms with Crippen molar-refractivity contribution in [3.05, 3.63) is 35.0 Å². The second kappa shape index (κ2) is 2.56. The lowest BCUT2D eigenvalue weighted by molar-refractivity contribution is 1.07. The molecule has 0 saturated heterocycles. The molecule has 2 heteroatoms. The van der Waals surface area contributed by atoms with Gasteiger partial charge in [-0.05, 0) is 24.3 Å². The molecule has 62 valence electrons. The third-order valence-corrected chi connectivity index (χ3v) is 2.24. The maximum absolute atomic E-state index is 4.50. The van der Waals surface area contributed by atoms with E-state index in [0.29, 0.717) is 0 Å². The van der Waals surface area contributed by atoms with E-state index in [1.165, 1.54) is 5.22 Å². The van der Waals surface area contributed by atoms with Gasteiger partial charge >= 0.3 is 0 Å². The first-order chi connectivity index (χ1) is 5.67. The summed E-state index contributed by atoms with van der Waals surface area (Å²) in [4.78, 5) is 3.18. The van der Waals surface area contributed by atoms with Gasteiger partial charge in [-0.25, -0.2) is 0 Å². The van der Waals surface area contributed by atoms with Gasteiger partial charge in [0.2, 0.25) is 0 Å². The SMILES string of the molecule is CC1(S)C=CC=c2cc[nH]c2=C1. The predicted octanol–water partition coefficient (Wildman–Crippen LogP) is 0.834. The van der Waals surface area contributed by atoms with Gasteiger partial charge in [0.1, 0.15) is 0 Å². The van der Waals surface area contributed by atoms with Crippen LogP contribution in [0.2, 0.25) is 0 Å². The molecule has 0 radical (unpaired) electrons. The molecule has 2 rings (SSSR count). The van der Waals surface area contributed by atoms with Gasteiger partial charge < -0.3 is 4.98 Å². The Morgan fingerprint density at radius 3 is 3.17 bits per heavy atom. The molecule has 0 bridgehead atoms. The summed E-state index contributed by atoms with van der Waals surface area (Å²) < 4.78 is -0.146. The van der Waals surface area contributed by atoms with Gasteiger partial charge in [0.15, 0.2) is 0 Å². The topological polar surface area (TPSA) is 15.8 Å². The highest BCUT2D eigenvalue weighted by Gasteiger charge is 2.11. The van der Waals surface area contributed by atoms with Gasteiger partial charge in [0.25, 0.3) is 0 Å². The number of thiol groups is 1. The van der Waals surface area contributed by atoms with E-state index in [1.807, 2.05) is 12.3 Å². The van der Waals surface area contributed by atoms with Crippen molar-refractivity contribution in [2.24, 2.45) is 0 Å². The van der Waals surface area contributed by atoms with Gasteiger partial charge in [-0.1, -0.05) is 18.2 Å². The van der Waals surface area contributed by atoms with Gasteiger partial charge in [0, 0.05) is 16.3 Å². The average Bonchev–Trinajstić information content (AvgIpc) is 2.31. The van der Waals surface area contributed by atoms with Crippen molar-refractivity contribution in [2.75, 3.05) is 0 Å². The Morgan fingerprint density at radius 2 is 2.33 bits per heavy atom. The summed E-state index contributed by atoms with van der Waals surface area (Å²) in [5.74, 6) is 0. The fourth-order valence-electron chi connectivity index (χ4n) is 1.35. The predicted molar refractivity (Wildman–Crippen MR) is 55.5 cm³/mol. The molecule has 1 nitrogen and oxygen atoms in total. The van der Waals surface area contributed by atoms with Crippen LogP contribution in [0.15, 0.2) is 24.4 Å². The maximum atomic E-state index is 4.50. The molecule has 0 saturated carbocycles. The molecule has 1 aromatic heterocycles. The Bertz CT molecular complexity index is 423. The van der Waals surface area contributed by atoms with Crippen molar-refractivity contribution < 1.29 is 0 Å². The second-order valence-electron chi connectivity index (χ2n) is 3.24. The molecular weight excluding hydrogens is 166 g/mol. The average molecular weight is 177 g/mol. The van der Waals surface area contributed by atoms with Crippen LogP contribution in [0.3, 0.4) is 0 Å². The van der Waals surface area contributed by atoms with Crippen LogP contribution in [0.4, 0.5) is 0 Å². The summed E-state index contributed by atoms with van der Waals surface area (Å²) in [6.07, 6.45) is 10.3. The van der Waals surface area contributed by atoms with Crippen molar-refractivity contribution in [2.45, 2.75) is 11.7 Å². The first-order valence-electron chi connectivity index (χ1n) is 3.96. The van der Waals surface area contributed by atoms with Crippen LogP contribution in [-0.4, -0.2) is 9.73 Å². The molecule has 1 aliphatic rings. The number of fused-ring (bicyclic) bond motifs is 1. The molecule has 1 aromatic rings. The number of hydrogen-bond donors (Lipinski definition) is 2. The minimum absolute atomic E-state index is 0.146. The Morgan fingerprint density at radius 1 is 1.50 bits per heavy atom. The van der Waals surface area contributed by atoms with Crippen LogP contribution in [-0.2, 0) is 0 Å². The summed E-state index contributed by atoms with van der Waals surface area (Å²) in [5, 5.41) is 2.38. The van der Waals surface area contributed by atoms with E-state index in [4.69, 9.17) is 0 Å². The number of aromatic nitrogens is 1. The molecule has 0 spiro atoms. The summed E-state index contributed by atoms with van der Waals surface area (Å²) in [7, 11) is 0. The van der Waals surface area contributed by atoms with E-state index in [-0.39, 0.29) is 4.75 Å². The fourth-order valence-corrected chi connectivity index (χ4v) is 1.57. The van der Waals surface area contributed by atoms with Crippen LogP contribution >= 0.6 is 12.6 Å². The third-order valence-electron chi connectivity index (χ3n) is 1.96. The van der Waals surface area contributed by atoms with Crippen LogP contribution in [0, 0.1) is 0 Å². The van der Waals surface area contributed by atoms with Crippen molar-refractivity contribution in [1.82, 2.24) is 4.98 Å². The molecule has 0 aliphatic heterocycles. The first kappa shape index (κ1) is 7.74. The van der Waals surface area contributed by atoms with E-state index in [9.17, 15) is 0 Å². The van der Waals surface area contributed by atoms with Crippen molar-refractivity contribution >= 4 is 24.8 Å².